The lowest BCUT2D eigenvalue weighted by atomic mass is 10.1. The molecule has 4 heteroatoms. The van der Waals surface area contributed by atoms with Crippen LogP contribution in [0.3, 0.4) is 0 Å². The van der Waals surface area contributed by atoms with Crippen LogP contribution in [0.25, 0.3) is 11.4 Å². The number of rotatable bonds is 1. The summed E-state index contributed by atoms with van der Waals surface area (Å²) in [4.78, 5) is 4.26. The molecule has 1 aromatic heterocycles. The Hall–Kier alpha value is -0.610. The molecular weight excluding hydrogens is 308 g/mol. The minimum absolute atomic E-state index is 0.900. The molecule has 0 aliphatic rings. The van der Waals surface area contributed by atoms with Crippen molar-refractivity contribution in [3.8, 4) is 11.4 Å². The van der Waals surface area contributed by atoms with Crippen molar-refractivity contribution in [2.24, 2.45) is 0 Å². The summed E-state index contributed by atoms with van der Waals surface area (Å²) in [5, 5.41) is 0. The minimum atomic E-state index is 0.900. The van der Waals surface area contributed by atoms with E-state index in [0.29, 0.717) is 0 Å². The van der Waals surface area contributed by atoms with Crippen molar-refractivity contribution in [2.45, 2.75) is 6.92 Å². The van der Waals surface area contributed by atoms with Crippen molar-refractivity contribution in [1.29, 1.82) is 0 Å². The van der Waals surface area contributed by atoms with E-state index in [1.807, 2.05) is 9.79 Å². The lowest BCUT2D eigenvalue weighted by molar-refractivity contribution is 1.25. The number of hydrogen-bond acceptors (Lipinski definition) is 1. The molecule has 2 nitrogen and oxygen atoms in total. The Bertz CT molecular complexity index is 463. The van der Waals surface area contributed by atoms with Gasteiger partial charge in [0, 0.05) is 22.4 Å². The van der Waals surface area contributed by atoms with Gasteiger partial charge in [-0.3, -0.25) is 3.59 Å². The van der Waals surface area contributed by atoms with Crippen molar-refractivity contribution in [3.05, 3.63) is 40.6 Å². The molecule has 0 aliphatic carbocycles. The maximum absolute atomic E-state index is 4.26. The van der Waals surface area contributed by atoms with Gasteiger partial charge in [0.05, 0.1) is 16.1 Å². The summed E-state index contributed by atoms with van der Waals surface area (Å²) in [5.41, 5.74) is 2.31. The molecule has 72 valence electrons. The number of imidazole rings is 1. The fourth-order valence-electron chi connectivity index (χ4n) is 1.27. The lowest BCUT2D eigenvalue weighted by Crippen LogP contribution is -1.87. The molecule has 0 spiro atoms. The molecule has 0 saturated heterocycles. The summed E-state index contributed by atoms with van der Waals surface area (Å²) in [6.45, 7) is 2.06. The van der Waals surface area contributed by atoms with Crippen LogP contribution in [-0.2, 0) is 0 Å². The average Bonchev–Trinajstić information content (AvgIpc) is 2.52. The SMILES string of the molecule is Cc1ccc(-c2nccn2Br)c(Br)c1. The van der Waals surface area contributed by atoms with Crippen LogP contribution in [0.1, 0.15) is 5.56 Å². The molecular formula is C10H8Br2N2. The van der Waals surface area contributed by atoms with E-state index in [1.165, 1.54) is 5.56 Å². The molecule has 0 N–H and O–H groups in total. The summed E-state index contributed by atoms with van der Waals surface area (Å²) in [6, 6.07) is 6.21. The molecule has 0 atom stereocenters. The number of nitrogens with zero attached hydrogens (tertiary/aromatic N) is 2. The first-order chi connectivity index (χ1) is 6.68. The van der Waals surface area contributed by atoms with Crippen LogP contribution in [-0.4, -0.2) is 8.58 Å². The fraction of sp³-hybridized carbons (Fsp3) is 0.100. The normalized spacial score (nSPS) is 10.5. The molecule has 0 fully saturated rings. The smallest absolute Gasteiger partial charge is 0.151 e. The molecule has 2 rings (SSSR count). The van der Waals surface area contributed by atoms with Crippen molar-refractivity contribution in [3.63, 3.8) is 0 Å². The topological polar surface area (TPSA) is 17.8 Å². The molecule has 14 heavy (non-hydrogen) atoms. The average molecular weight is 316 g/mol. The zero-order chi connectivity index (χ0) is 10.1. The van der Waals surface area contributed by atoms with Gasteiger partial charge < -0.3 is 0 Å². The lowest BCUT2D eigenvalue weighted by Gasteiger charge is -2.04. The Morgan fingerprint density at radius 2 is 2.14 bits per heavy atom. The third-order valence-corrected chi connectivity index (χ3v) is 3.19. The predicted octanol–water partition coefficient (Wildman–Crippen LogP) is 3.78. The third-order valence-electron chi connectivity index (χ3n) is 1.96. The van der Waals surface area contributed by atoms with E-state index in [2.05, 4.69) is 62.2 Å². The second-order valence-corrected chi connectivity index (χ2v) is 4.66. The van der Waals surface area contributed by atoms with Crippen LogP contribution in [0.5, 0.6) is 0 Å². The van der Waals surface area contributed by atoms with E-state index in [-0.39, 0.29) is 0 Å². The van der Waals surface area contributed by atoms with E-state index < -0.39 is 0 Å². The zero-order valence-corrected chi connectivity index (χ0v) is 10.7. The Kier molecular flexibility index (Phi) is 2.74. The Morgan fingerprint density at radius 1 is 1.36 bits per heavy atom. The van der Waals surface area contributed by atoms with Gasteiger partial charge in [0.1, 0.15) is 0 Å². The van der Waals surface area contributed by atoms with Crippen LogP contribution in [0, 0.1) is 6.92 Å². The van der Waals surface area contributed by atoms with Gasteiger partial charge in [0.15, 0.2) is 5.82 Å². The van der Waals surface area contributed by atoms with Crippen molar-refractivity contribution >= 4 is 32.1 Å². The molecule has 2 aromatic rings. The zero-order valence-electron chi connectivity index (χ0n) is 7.54. The number of benzene rings is 1. The maximum Gasteiger partial charge on any atom is 0.151 e. The number of hydrogen-bond donors (Lipinski definition) is 0. The second-order valence-electron chi connectivity index (χ2n) is 3.05. The van der Waals surface area contributed by atoms with Gasteiger partial charge in [-0.25, -0.2) is 4.98 Å². The van der Waals surface area contributed by atoms with E-state index in [4.69, 9.17) is 0 Å². The largest absolute Gasteiger partial charge is 0.266 e. The number of halogens is 2. The molecule has 1 aromatic carbocycles. The van der Waals surface area contributed by atoms with Crippen LogP contribution in [0.15, 0.2) is 35.1 Å². The van der Waals surface area contributed by atoms with Crippen LogP contribution in [0.4, 0.5) is 0 Å². The van der Waals surface area contributed by atoms with E-state index in [1.54, 1.807) is 6.20 Å². The summed E-state index contributed by atoms with van der Waals surface area (Å²) < 4.78 is 2.88. The first kappa shape index (κ1) is 9.93. The summed E-state index contributed by atoms with van der Waals surface area (Å²) in [7, 11) is 0. The molecule has 0 saturated carbocycles. The van der Waals surface area contributed by atoms with E-state index in [0.717, 1.165) is 15.9 Å². The second kappa shape index (κ2) is 3.87. The van der Waals surface area contributed by atoms with Crippen molar-refractivity contribution in [1.82, 2.24) is 8.58 Å². The highest BCUT2D eigenvalue weighted by atomic mass is 79.9. The minimum Gasteiger partial charge on any atom is -0.266 e. The predicted molar refractivity (Wildman–Crippen MR) is 64.4 cm³/mol. The Balaban J connectivity index is 2.58. The quantitative estimate of drug-likeness (QED) is 0.783. The number of aryl methyl sites for hydroxylation is 1. The molecule has 1 heterocycles. The van der Waals surface area contributed by atoms with Crippen molar-refractivity contribution in [2.75, 3.05) is 0 Å². The highest BCUT2D eigenvalue weighted by Gasteiger charge is 2.07. The number of aromatic nitrogens is 2. The van der Waals surface area contributed by atoms with Gasteiger partial charge in [-0.05, 0) is 24.6 Å². The first-order valence-electron chi connectivity index (χ1n) is 4.14. The van der Waals surface area contributed by atoms with Gasteiger partial charge in [-0.15, -0.1) is 0 Å². The van der Waals surface area contributed by atoms with Gasteiger partial charge in [0.2, 0.25) is 0 Å². The monoisotopic (exact) mass is 314 g/mol. The van der Waals surface area contributed by atoms with Crippen LogP contribution >= 0.6 is 32.1 Å². The highest BCUT2D eigenvalue weighted by Crippen LogP contribution is 2.28. The summed E-state index contributed by atoms with van der Waals surface area (Å²) in [5.74, 6) is 0.900. The van der Waals surface area contributed by atoms with Gasteiger partial charge in [0.25, 0.3) is 0 Å². The standard InChI is InChI=1S/C10H8Br2N2/c1-7-2-3-8(9(11)6-7)10-13-4-5-14(10)12/h2-6H,1H3. The van der Waals surface area contributed by atoms with E-state index in [9.17, 15) is 0 Å². The van der Waals surface area contributed by atoms with Gasteiger partial charge >= 0.3 is 0 Å². The first-order valence-corrected chi connectivity index (χ1v) is 5.65. The highest BCUT2D eigenvalue weighted by molar-refractivity contribution is 9.10. The fourth-order valence-corrected chi connectivity index (χ4v) is 2.33. The van der Waals surface area contributed by atoms with Gasteiger partial charge in [-0.1, -0.05) is 22.0 Å². The molecule has 0 bridgehead atoms. The Labute approximate surface area is 99.4 Å². The molecule has 0 radical (unpaired) electrons. The van der Waals surface area contributed by atoms with Gasteiger partial charge in [-0.2, -0.15) is 0 Å². The summed E-state index contributed by atoms with van der Waals surface area (Å²) in [6.07, 6.45) is 3.62. The molecule has 0 unspecified atom stereocenters. The van der Waals surface area contributed by atoms with Crippen LogP contribution < -0.4 is 0 Å². The van der Waals surface area contributed by atoms with Crippen LogP contribution in [0.2, 0.25) is 0 Å². The molecule has 0 amide bonds. The van der Waals surface area contributed by atoms with Crippen molar-refractivity contribution < 1.29 is 0 Å². The summed E-state index contributed by atoms with van der Waals surface area (Å²) >= 11 is 6.92. The molecule has 0 aliphatic heterocycles. The third kappa shape index (κ3) is 1.77. The maximum atomic E-state index is 4.26. The Morgan fingerprint density at radius 3 is 2.71 bits per heavy atom. The van der Waals surface area contributed by atoms with E-state index >= 15 is 0 Å².